The number of nitrogen functional groups attached to an aromatic ring is 1. The molecule has 2 unspecified atom stereocenters. The number of carbonyl (C=O) groups is 2. The number of benzene rings is 3. The molecule has 0 aliphatic heterocycles. The minimum absolute atomic E-state index is 0.0567. The summed E-state index contributed by atoms with van der Waals surface area (Å²) in [5.74, 6) is -1.27. The van der Waals surface area contributed by atoms with Crippen molar-refractivity contribution in [2.24, 2.45) is 5.92 Å². The van der Waals surface area contributed by atoms with Crippen molar-refractivity contribution in [3.63, 3.8) is 0 Å². The number of halogens is 1. The van der Waals surface area contributed by atoms with Crippen LogP contribution in [0.3, 0.4) is 0 Å². The lowest BCUT2D eigenvalue weighted by Gasteiger charge is -2.31. The Bertz CT molecular complexity index is 1590. The molecule has 0 aromatic heterocycles. The maximum absolute atomic E-state index is 14.1. The number of ether oxygens (including phenoxy) is 1. The van der Waals surface area contributed by atoms with Crippen LogP contribution < -0.4 is 16.4 Å². The molecule has 10 nitrogen and oxygen atoms in total. The summed E-state index contributed by atoms with van der Waals surface area (Å²) in [6, 6.07) is 15.4. The predicted molar refractivity (Wildman–Crippen MR) is 178 cm³/mol. The third-order valence-corrected chi connectivity index (χ3v) is 9.18. The molecule has 2 atom stereocenters. The quantitative estimate of drug-likeness (QED) is 0.133. The number of nitrogens with two attached hydrogens (primary N) is 1. The molecule has 0 aliphatic carbocycles. The summed E-state index contributed by atoms with van der Waals surface area (Å²) in [5, 5.41) is 17.8. The first-order chi connectivity index (χ1) is 21.6. The lowest BCUT2D eigenvalue weighted by atomic mass is 10.0. The smallest absolute Gasteiger partial charge is 0.408 e. The van der Waals surface area contributed by atoms with Crippen molar-refractivity contribution in [3.8, 4) is 0 Å². The Morgan fingerprint density at radius 3 is 2.35 bits per heavy atom. The highest BCUT2D eigenvalue weighted by Crippen LogP contribution is 2.25. The van der Waals surface area contributed by atoms with Crippen LogP contribution in [0.25, 0.3) is 10.8 Å². The Hall–Kier alpha value is -3.74. The summed E-state index contributed by atoms with van der Waals surface area (Å²) < 4.78 is 47.7. The van der Waals surface area contributed by atoms with Crippen molar-refractivity contribution in [2.75, 3.05) is 25.4 Å². The molecule has 252 valence electrons. The van der Waals surface area contributed by atoms with Crippen LogP contribution in [0.15, 0.2) is 65.6 Å². The summed E-state index contributed by atoms with van der Waals surface area (Å²) in [4.78, 5) is 25.7. The second kappa shape index (κ2) is 16.2. The molecule has 2 amide bonds. The van der Waals surface area contributed by atoms with Crippen LogP contribution in [0.1, 0.15) is 59.4 Å². The number of unbranched alkanes of at least 4 members (excludes halogenated alkanes) is 1. The highest BCUT2D eigenvalue weighted by molar-refractivity contribution is 7.89. The molecular weight excluding hydrogens is 611 g/mol. The Morgan fingerprint density at radius 1 is 1.02 bits per heavy atom. The van der Waals surface area contributed by atoms with Gasteiger partial charge in [-0.25, -0.2) is 17.6 Å². The zero-order valence-electron chi connectivity index (χ0n) is 27.3. The SMILES string of the molecule is CC(C)CN(C(CO)CCCCNC(=O)C(Cc1ccc2ccccc2c1)NC(=O)OC(C)(C)C)S(=O)(=O)c1ccc(N)c(F)c1. The maximum atomic E-state index is 14.1. The van der Waals surface area contributed by atoms with E-state index in [0.717, 1.165) is 22.4 Å². The Balaban J connectivity index is 1.65. The Kier molecular flexibility index (Phi) is 12.9. The van der Waals surface area contributed by atoms with Gasteiger partial charge >= 0.3 is 6.09 Å². The van der Waals surface area contributed by atoms with Gasteiger partial charge in [0.15, 0.2) is 0 Å². The number of nitrogens with one attached hydrogen (secondary N) is 2. The van der Waals surface area contributed by atoms with Crippen molar-refractivity contribution in [1.82, 2.24) is 14.9 Å². The maximum Gasteiger partial charge on any atom is 0.408 e. The van der Waals surface area contributed by atoms with Crippen LogP contribution in [0.2, 0.25) is 0 Å². The third kappa shape index (κ3) is 10.7. The molecule has 0 saturated carbocycles. The minimum atomic E-state index is -4.13. The second-order valence-electron chi connectivity index (χ2n) is 12.9. The van der Waals surface area contributed by atoms with Crippen molar-refractivity contribution >= 4 is 38.5 Å². The molecule has 0 saturated heterocycles. The molecule has 0 spiro atoms. The molecule has 0 heterocycles. The molecule has 3 rings (SSSR count). The van der Waals surface area contributed by atoms with Gasteiger partial charge in [0.05, 0.1) is 17.2 Å². The monoisotopic (exact) mass is 658 g/mol. The van der Waals surface area contributed by atoms with Crippen LogP contribution in [-0.2, 0) is 26.0 Å². The van der Waals surface area contributed by atoms with E-state index in [0.29, 0.717) is 19.3 Å². The fourth-order valence-corrected chi connectivity index (χ4v) is 6.86. The van der Waals surface area contributed by atoms with Crippen molar-refractivity contribution in [2.45, 2.75) is 82.9 Å². The fourth-order valence-electron chi connectivity index (χ4n) is 5.03. The van der Waals surface area contributed by atoms with Crippen LogP contribution in [0.5, 0.6) is 0 Å². The second-order valence-corrected chi connectivity index (χ2v) is 14.8. The molecule has 0 radical (unpaired) electrons. The average Bonchev–Trinajstić information content (AvgIpc) is 2.97. The van der Waals surface area contributed by atoms with Crippen LogP contribution >= 0.6 is 0 Å². The standard InChI is InChI=1S/C34H47FN4O6S/c1-23(2)21-39(46(43,44)28-15-16-30(36)29(35)20-28)27(22-40)12-8-9-17-37-32(41)31(38-33(42)45-34(3,4)5)19-24-13-14-25-10-6-7-11-26(25)18-24/h6-7,10-11,13-16,18,20,23,27,31,40H,8-9,12,17,19,21-22,36H2,1-5H3,(H,37,41)(H,38,42). The lowest BCUT2D eigenvalue weighted by Crippen LogP contribution is -2.49. The van der Waals surface area contributed by atoms with E-state index in [4.69, 9.17) is 10.5 Å². The highest BCUT2D eigenvalue weighted by Gasteiger charge is 2.32. The molecule has 3 aromatic carbocycles. The number of aliphatic hydroxyl groups excluding tert-OH is 1. The first-order valence-corrected chi connectivity index (χ1v) is 17.0. The molecule has 0 fully saturated rings. The predicted octanol–water partition coefficient (Wildman–Crippen LogP) is 4.99. The molecule has 5 N–H and O–H groups in total. The van der Waals surface area contributed by atoms with E-state index in [1.807, 2.05) is 56.3 Å². The molecule has 3 aromatic rings. The minimum Gasteiger partial charge on any atom is -0.444 e. The van der Waals surface area contributed by atoms with Crippen LogP contribution in [0.4, 0.5) is 14.9 Å². The molecular formula is C34H47FN4O6S. The Morgan fingerprint density at radius 2 is 1.72 bits per heavy atom. The topological polar surface area (TPSA) is 151 Å². The van der Waals surface area contributed by atoms with Gasteiger partial charge in [-0.2, -0.15) is 4.31 Å². The van der Waals surface area contributed by atoms with E-state index in [2.05, 4.69) is 10.6 Å². The summed E-state index contributed by atoms with van der Waals surface area (Å²) >= 11 is 0. The summed E-state index contributed by atoms with van der Waals surface area (Å²) in [6.45, 7) is 8.91. The van der Waals surface area contributed by atoms with Crippen LogP contribution in [0, 0.1) is 11.7 Å². The van der Waals surface area contributed by atoms with Gasteiger partial charge in [-0.3, -0.25) is 4.79 Å². The largest absolute Gasteiger partial charge is 0.444 e. The summed E-state index contributed by atoms with van der Waals surface area (Å²) in [6.07, 6.45) is 0.832. The van der Waals surface area contributed by atoms with Gasteiger partial charge in [-0.05, 0) is 74.1 Å². The number of rotatable bonds is 15. The molecule has 12 heteroatoms. The molecule has 0 bridgehead atoms. The zero-order chi connectivity index (χ0) is 34.1. The number of amides is 2. The fraction of sp³-hybridized carbons (Fsp3) is 0.471. The van der Waals surface area contributed by atoms with Crippen molar-refractivity contribution < 1.29 is 32.2 Å². The lowest BCUT2D eigenvalue weighted by molar-refractivity contribution is -0.123. The van der Waals surface area contributed by atoms with Crippen molar-refractivity contribution in [3.05, 3.63) is 72.0 Å². The summed E-state index contributed by atoms with van der Waals surface area (Å²) in [5.41, 5.74) is 5.51. The number of fused-ring (bicyclic) bond motifs is 1. The number of alkyl carbamates (subject to hydrolysis) is 1. The van der Waals surface area contributed by atoms with Crippen LogP contribution in [-0.4, -0.2) is 67.2 Å². The van der Waals surface area contributed by atoms with Gasteiger partial charge in [0.2, 0.25) is 15.9 Å². The first-order valence-electron chi connectivity index (χ1n) is 15.5. The molecule has 46 heavy (non-hydrogen) atoms. The van der Waals surface area contributed by atoms with E-state index in [9.17, 15) is 27.5 Å². The van der Waals surface area contributed by atoms with Gasteiger partial charge in [0.1, 0.15) is 17.5 Å². The normalized spacial score (nSPS) is 13.5. The third-order valence-electron chi connectivity index (χ3n) is 7.27. The van der Waals surface area contributed by atoms with Gasteiger partial charge in [0.25, 0.3) is 0 Å². The number of hydrogen-bond acceptors (Lipinski definition) is 7. The van der Waals surface area contributed by atoms with E-state index in [1.165, 1.54) is 16.4 Å². The van der Waals surface area contributed by atoms with Gasteiger partial charge in [0, 0.05) is 25.6 Å². The molecule has 0 aliphatic rings. The van der Waals surface area contributed by atoms with E-state index < -0.39 is 46.2 Å². The number of aliphatic hydroxyl groups is 1. The van der Waals surface area contributed by atoms with Gasteiger partial charge in [-0.1, -0.05) is 62.7 Å². The van der Waals surface area contributed by atoms with Crippen molar-refractivity contribution in [1.29, 1.82) is 0 Å². The van der Waals surface area contributed by atoms with Gasteiger partial charge in [-0.15, -0.1) is 0 Å². The number of carbonyl (C=O) groups excluding carboxylic acids is 2. The number of anilines is 1. The number of hydrogen-bond donors (Lipinski definition) is 4. The Labute approximate surface area is 271 Å². The average molecular weight is 659 g/mol. The zero-order valence-corrected chi connectivity index (χ0v) is 28.1. The highest BCUT2D eigenvalue weighted by atomic mass is 32.2. The van der Waals surface area contributed by atoms with E-state index >= 15 is 0 Å². The number of sulfonamides is 1. The van der Waals surface area contributed by atoms with E-state index in [1.54, 1.807) is 20.8 Å². The summed E-state index contributed by atoms with van der Waals surface area (Å²) in [7, 11) is -4.13. The van der Waals surface area contributed by atoms with Gasteiger partial charge < -0.3 is 26.2 Å². The van der Waals surface area contributed by atoms with E-state index in [-0.39, 0.29) is 41.9 Å². The number of nitrogens with zero attached hydrogens (tertiary/aromatic N) is 1. The first kappa shape index (κ1) is 36.7.